The number of nitrogens with one attached hydrogen (secondary N) is 2. The molecule has 0 radical (unpaired) electrons. The quantitative estimate of drug-likeness (QED) is 0.519. The molecule has 0 aromatic heterocycles. The molecule has 0 saturated carbocycles. The Hall–Kier alpha value is -3.55. The zero-order chi connectivity index (χ0) is 23.5. The second-order valence-corrected chi connectivity index (χ2v) is 7.02. The highest BCUT2D eigenvalue weighted by atomic mass is 16.5. The lowest BCUT2D eigenvalue weighted by Gasteiger charge is -2.19. The summed E-state index contributed by atoms with van der Waals surface area (Å²) in [5.41, 5.74) is 2.17. The van der Waals surface area contributed by atoms with E-state index >= 15 is 0 Å². The van der Waals surface area contributed by atoms with Gasteiger partial charge in [-0.1, -0.05) is 29.8 Å². The molecule has 172 valence electrons. The average Bonchev–Trinajstić information content (AvgIpc) is 2.79. The first-order valence-electron chi connectivity index (χ1n) is 10.5. The van der Waals surface area contributed by atoms with Gasteiger partial charge in [0.2, 0.25) is 5.91 Å². The van der Waals surface area contributed by atoms with E-state index in [2.05, 4.69) is 10.6 Å². The third-order valence-corrected chi connectivity index (χ3v) is 4.63. The molecule has 0 spiro atoms. The van der Waals surface area contributed by atoms with Gasteiger partial charge in [-0.2, -0.15) is 0 Å². The molecular weight excluding hydrogens is 412 g/mol. The summed E-state index contributed by atoms with van der Waals surface area (Å²) >= 11 is 0. The topological polar surface area (TPSA) is 103 Å². The molecule has 0 saturated heterocycles. The second-order valence-electron chi connectivity index (χ2n) is 7.02. The van der Waals surface area contributed by atoms with Crippen LogP contribution in [0, 0.1) is 6.92 Å². The van der Waals surface area contributed by atoms with Crippen molar-refractivity contribution >= 4 is 17.8 Å². The Morgan fingerprint density at radius 2 is 1.59 bits per heavy atom. The molecule has 8 nitrogen and oxygen atoms in total. The normalized spacial score (nSPS) is 11.2. The summed E-state index contributed by atoms with van der Waals surface area (Å²) < 4.78 is 15.8. The average molecular weight is 443 g/mol. The molecule has 32 heavy (non-hydrogen) atoms. The summed E-state index contributed by atoms with van der Waals surface area (Å²) in [6.07, 6.45) is -0.0180. The summed E-state index contributed by atoms with van der Waals surface area (Å²) in [5.74, 6) is -0.290. The monoisotopic (exact) mass is 442 g/mol. The first-order chi connectivity index (χ1) is 15.4. The predicted molar refractivity (Wildman–Crippen MR) is 120 cm³/mol. The van der Waals surface area contributed by atoms with Crippen molar-refractivity contribution in [2.45, 2.75) is 33.2 Å². The van der Waals surface area contributed by atoms with Crippen LogP contribution in [0.2, 0.25) is 0 Å². The molecule has 0 aliphatic rings. The van der Waals surface area contributed by atoms with Crippen LogP contribution < -0.4 is 20.1 Å². The highest BCUT2D eigenvalue weighted by molar-refractivity contribution is 5.97. The summed E-state index contributed by atoms with van der Waals surface area (Å²) in [7, 11) is 1.30. The number of aryl methyl sites for hydroxylation is 1. The summed E-state index contributed by atoms with van der Waals surface area (Å²) in [4.78, 5) is 36.8. The van der Waals surface area contributed by atoms with Gasteiger partial charge in [0.15, 0.2) is 11.5 Å². The van der Waals surface area contributed by atoms with E-state index in [1.54, 1.807) is 18.2 Å². The maximum absolute atomic E-state index is 12.5. The van der Waals surface area contributed by atoms with Crippen LogP contribution in [0.3, 0.4) is 0 Å². The van der Waals surface area contributed by atoms with Crippen LogP contribution in [0.4, 0.5) is 0 Å². The molecule has 2 aromatic rings. The van der Waals surface area contributed by atoms with Gasteiger partial charge in [0.05, 0.1) is 39.3 Å². The van der Waals surface area contributed by atoms with Crippen LogP contribution >= 0.6 is 0 Å². The first-order valence-corrected chi connectivity index (χ1v) is 10.5. The maximum Gasteiger partial charge on any atom is 0.307 e. The second kappa shape index (κ2) is 12.3. The number of carbonyl (C=O) groups is 3. The van der Waals surface area contributed by atoms with Crippen molar-refractivity contribution in [3.8, 4) is 11.5 Å². The third-order valence-electron chi connectivity index (χ3n) is 4.63. The zero-order valence-electron chi connectivity index (χ0n) is 18.9. The fraction of sp³-hybridized carbons (Fsp3) is 0.375. The van der Waals surface area contributed by atoms with Crippen molar-refractivity contribution in [3.05, 3.63) is 59.2 Å². The van der Waals surface area contributed by atoms with Gasteiger partial charge < -0.3 is 24.8 Å². The molecule has 0 bridgehead atoms. The maximum atomic E-state index is 12.5. The number of carbonyl (C=O) groups excluding carboxylic acids is 3. The fourth-order valence-corrected chi connectivity index (χ4v) is 3.00. The van der Waals surface area contributed by atoms with E-state index in [4.69, 9.17) is 14.2 Å². The van der Waals surface area contributed by atoms with Crippen molar-refractivity contribution in [1.82, 2.24) is 10.6 Å². The number of rotatable bonds is 11. The molecule has 2 amide bonds. The van der Waals surface area contributed by atoms with E-state index in [0.29, 0.717) is 30.3 Å². The molecule has 0 fully saturated rings. The molecule has 1 unspecified atom stereocenters. The third kappa shape index (κ3) is 7.30. The van der Waals surface area contributed by atoms with Gasteiger partial charge in [-0.05, 0) is 44.5 Å². The van der Waals surface area contributed by atoms with Crippen molar-refractivity contribution in [2.24, 2.45) is 0 Å². The van der Waals surface area contributed by atoms with Crippen LogP contribution in [-0.4, -0.2) is 44.7 Å². The molecular formula is C24H30N2O6. The van der Waals surface area contributed by atoms with Gasteiger partial charge >= 0.3 is 5.97 Å². The van der Waals surface area contributed by atoms with Gasteiger partial charge in [-0.25, -0.2) is 0 Å². The number of esters is 1. The Balaban J connectivity index is 2.02. The lowest BCUT2D eigenvalue weighted by molar-refractivity contribution is -0.141. The smallest absolute Gasteiger partial charge is 0.307 e. The highest BCUT2D eigenvalue weighted by Gasteiger charge is 2.20. The van der Waals surface area contributed by atoms with Gasteiger partial charge in [0.1, 0.15) is 0 Å². The van der Waals surface area contributed by atoms with E-state index in [-0.39, 0.29) is 13.0 Å². The Kier molecular flexibility index (Phi) is 9.53. The molecule has 0 heterocycles. The lowest BCUT2D eigenvalue weighted by Crippen LogP contribution is -2.39. The summed E-state index contributed by atoms with van der Waals surface area (Å²) in [6, 6.07) is 11.8. The SMILES string of the molecule is CCOc1ccc(C(=O)NCC(=O)NC(CC(=O)OC)c2ccc(C)cc2)cc1OCC. The first kappa shape index (κ1) is 24.7. The van der Waals surface area contributed by atoms with Crippen LogP contribution in [0.5, 0.6) is 11.5 Å². The van der Waals surface area contributed by atoms with E-state index in [1.165, 1.54) is 7.11 Å². The van der Waals surface area contributed by atoms with Crippen molar-refractivity contribution < 1.29 is 28.6 Å². The summed E-state index contributed by atoms with van der Waals surface area (Å²) in [6.45, 7) is 6.29. The van der Waals surface area contributed by atoms with Crippen molar-refractivity contribution in [1.29, 1.82) is 0 Å². The predicted octanol–water partition coefficient (Wildman–Crippen LogP) is 2.94. The number of hydrogen-bond acceptors (Lipinski definition) is 6. The van der Waals surface area contributed by atoms with E-state index < -0.39 is 23.8 Å². The van der Waals surface area contributed by atoms with Crippen molar-refractivity contribution in [2.75, 3.05) is 26.9 Å². The largest absolute Gasteiger partial charge is 0.490 e. The van der Waals surface area contributed by atoms with Gasteiger partial charge in [0, 0.05) is 5.56 Å². The van der Waals surface area contributed by atoms with Crippen LogP contribution in [0.15, 0.2) is 42.5 Å². The molecule has 2 rings (SSSR count). The van der Waals surface area contributed by atoms with E-state index in [0.717, 1.165) is 11.1 Å². The molecule has 0 aliphatic carbocycles. The molecule has 2 aromatic carbocycles. The van der Waals surface area contributed by atoms with Crippen molar-refractivity contribution in [3.63, 3.8) is 0 Å². The zero-order valence-corrected chi connectivity index (χ0v) is 18.9. The fourth-order valence-electron chi connectivity index (χ4n) is 3.00. The minimum absolute atomic E-state index is 0.0180. The number of amides is 2. The van der Waals surface area contributed by atoms with E-state index in [1.807, 2.05) is 45.0 Å². The molecule has 8 heteroatoms. The number of benzene rings is 2. The van der Waals surface area contributed by atoms with Crippen LogP contribution in [-0.2, 0) is 14.3 Å². The van der Waals surface area contributed by atoms with Gasteiger partial charge in [-0.15, -0.1) is 0 Å². The number of hydrogen-bond donors (Lipinski definition) is 2. The Morgan fingerprint density at radius 1 is 0.938 bits per heavy atom. The molecule has 1 atom stereocenters. The Morgan fingerprint density at radius 3 is 2.22 bits per heavy atom. The Labute approximate surface area is 188 Å². The standard InChI is InChI=1S/C24H30N2O6/c1-5-31-20-12-11-18(13-21(20)32-6-2)24(29)25-15-22(27)26-19(14-23(28)30-4)17-9-7-16(3)8-10-17/h7-13,19H,5-6,14-15H2,1-4H3,(H,25,29)(H,26,27). The van der Waals surface area contributed by atoms with Gasteiger partial charge in [0.25, 0.3) is 5.91 Å². The lowest BCUT2D eigenvalue weighted by atomic mass is 10.0. The van der Waals surface area contributed by atoms with Gasteiger partial charge in [-0.3, -0.25) is 14.4 Å². The number of ether oxygens (including phenoxy) is 3. The summed E-state index contributed by atoms with van der Waals surface area (Å²) in [5, 5.41) is 5.37. The number of methoxy groups -OCH3 is 1. The molecule has 2 N–H and O–H groups in total. The minimum Gasteiger partial charge on any atom is -0.490 e. The Bertz CT molecular complexity index is 927. The highest BCUT2D eigenvalue weighted by Crippen LogP contribution is 2.28. The molecule has 0 aliphatic heterocycles. The van der Waals surface area contributed by atoms with Crippen LogP contribution in [0.1, 0.15) is 47.8 Å². The minimum atomic E-state index is -0.567. The van der Waals surface area contributed by atoms with E-state index in [9.17, 15) is 14.4 Å². The van der Waals surface area contributed by atoms with Crippen LogP contribution in [0.25, 0.3) is 0 Å².